The van der Waals surface area contributed by atoms with E-state index in [1.807, 2.05) is 17.9 Å². The molecular formula is C17H24F2N4O2. The van der Waals surface area contributed by atoms with E-state index in [-0.39, 0.29) is 31.0 Å². The topological polar surface area (TPSA) is 61.5 Å². The zero-order valence-corrected chi connectivity index (χ0v) is 14.4. The van der Waals surface area contributed by atoms with Gasteiger partial charge >= 0.3 is 0 Å². The molecule has 1 aliphatic carbocycles. The van der Waals surface area contributed by atoms with Crippen molar-refractivity contribution in [2.75, 3.05) is 32.8 Å². The highest BCUT2D eigenvalue weighted by Crippen LogP contribution is 2.39. The second-order valence-electron chi connectivity index (χ2n) is 7.39. The summed E-state index contributed by atoms with van der Waals surface area (Å²) in [5.41, 5.74) is 1.45. The first-order chi connectivity index (χ1) is 12.0. The first-order valence-electron chi connectivity index (χ1n) is 9.03. The Morgan fingerprint density at radius 3 is 2.88 bits per heavy atom. The van der Waals surface area contributed by atoms with Crippen LogP contribution in [-0.4, -0.2) is 76.8 Å². The van der Waals surface area contributed by atoms with Crippen LogP contribution in [0, 0.1) is 0 Å². The van der Waals surface area contributed by atoms with Crippen LogP contribution in [0.2, 0.25) is 0 Å². The number of alkyl halides is 2. The summed E-state index contributed by atoms with van der Waals surface area (Å²) in [5, 5.41) is 7.05. The van der Waals surface area contributed by atoms with Gasteiger partial charge in [0.05, 0.1) is 13.2 Å². The minimum absolute atomic E-state index is 0.0235. The lowest BCUT2D eigenvalue weighted by Crippen LogP contribution is -2.62. The number of aromatic nitrogens is 2. The van der Waals surface area contributed by atoms with Gasteiger partial charge in [0.1, 0.15) is 5.69 Å². The fraction of sp³-hybridized carbons (Fsp3) is 0.765. The minimum Gasteiger partial charge on any atom is -0.380 e. The van der Waals surface area contributed by atoms with E-state index in [1.165, 1.54) is 0 Å². The van der Waals surface area contributed by atoms with Crippen molar-refractivity contribution in [2.24, 2.45) is 0 Å². The van der Waals surface area contributed by atoms with Gasteiger partial charge in [0.25, 0.3) is 11.8 Å². The van der Waals surface area contributed by atoms with Crippen molar-refractivity contribution >= 4 is 5.91 Å². The molecule has 138 valence electrons. The van der Waals surface area contributed by atoms with Gasteiger partial charge < -0.3 is 9.64 Å². The molecule has 3 heterocycles. The van der Waals surface area contributed by atoms with Crippen LogP contribution in [-0.2, 0) is 4.74 Å². The third kappa shape index (κ3) is 3.42. The third-order valence-corrected chi connectivity index (χ3v) is 5.38. The first-order valence-corrected chi connectivity index (χ1v) is 9.03. The number of H-pyrrole nitrogens is 1. The van der Waals surface area contributed by atoms with Crippen LogP contribution in [0.15, 0.2) is 6.07 Å². The summed E-state index contributed by atoms with van der Waals surface area (Å²) in [6.07, 6.45) is 2.12. The summed E-state index contributed by atoms with van der Waals surface area (Å²) in [6.45, 7) is 3.41. The average molecular weight is 354 g/mol. The molecular weight excluding hydrogens is 330 g/mol. The molecule has 2 saturated heterocycles. The molecule has 1 saturated carbocycles. The molecule has 1 aromatic heterocycles. The average Bonchev–Trinajstić information content (AvgIpc) is 3.17. The zero-order valence-electron chi connectivity index (χ0n) is 14.4. The summed E-state index contributed by atoms with van der Waals surface area (Å²) in [7, 11) is 0. The largest absolute Gasteiger partial charge is 0.380 e. The highest BCUT2D eigenvalue weighted by molar-refractivity contribution is 5.93. The van der Waals surface area contributed by atoms with E-state index in [4.69, 9.17) is 4.74 Å². The molecule has 0 aromatic carbocycles. The van der Waals surface area contributed by atoms with E-state index >= 15 is 0 Å². The van der Waals surface area contributed by atoms with Crippen LogP contribution >= 0.6 is 0 Å². The number of ether oxygens (including phenoxy) is 1. The number of carbonyl (C=O) groups is 1. The third-order valence-electron chi connectivity index (χ3n) is 5.38. The molecule has 6 nitrogen and oxygen atoms in total. The maximum Gasteiger partial charge on any atom is 0.274 e. The van der Waals surface area contributed by atoms with Crippen molar-refractivity contribution in [1.82, 2.24) is 20.0 Å². The van der Waals surface area contributed by atoms with Gasteiger partial charge in [-0.3, -0.25) is 14.8 Å². The number of rotatable bonds is 6. The Morgan fingerprint density at radius 2 is 2.20 bits per heavy atom. The number of nitrogens with zero attached hydrogens (tertiary/aromatic N) is 3. The summed E-state index contributed by atoms with van der Waals surface area (Å²) < 4.78 is 33.0. The summed E-state index contributed by atoms with van der Waals surface area (Å²) in [5.74, 6) is -2.27. The second-order valence-corrected chi connectivity index (χ2v) is 7.39. The number of likely N-dealkylation sites (tertiary alicyclic amines) is 2. The molecule has 3 aliphatic rings. The molecule has 0 bridgehead atoms. The van der Waals surface area contributed by atoms with Gasteiger partial charge in [-0.05, 0) is 25.8 Å². The number of carbonyl (C=O) groups excluding carboxylic acids is 1. The lowest BCUT2D eigenvalue weighted by atomic mass is 10.1. The van der Waals surface area contributed by atoms with Crippen molar-refractivity contribution in [3.05, 3.63) is 17.5 Å². The van der Waals surface area contributed by atoms with E-state index in [2.05, 4.69) is 10.2 Å². The number of amides is 1. The Labute approximate surface area is 145 Å². The number of hydrogen-bond donors (Lipinski definition) is 1. The standard InChI is InChI=1S/C17H24F2N4O2/c1-2-25-9-12-6-17(18,19)10-23(12)13-7-22(8-13)16(24)15-5-14(20-21-15)11-3-4-11/h5,11-13H,2-4,6-10H2,1H3,(H,20,21)/t12-/m0/s1. The van der Waals surface area contributed by atoms with E-state index in [1.54, 1.807) is 4.90 Å². The quantitative estimate of drug-likeness (QED) is 0.847. The Bertz CT molecular complexity index is 640. The minimum atomic E-state index is -2.67. The van der Waals surface area contributed by atoms with E-state index in [0.717, 1.165) is 18.5 Å². The maximum absolute atomic E-state index is 13.8. The predicted octanol–water partition coefficient (Wildman–Crippen LogP) is 1.86. The van der Waals surface area contributed by atoms with Gasteiger partial charge in [-0.15, -0.1) is 0 Å². The summed E-state index contributed by atoms with van der Waals surface area (Å²) in [4.78, 5) is 16.0. The van der Waals surface area contributed by atoms with Gasteiger partial charge in [-0.25, -0.2) is 8.78 Å². The van der Waals surface area contributed by atoms with Gasteiger partial charge in [0.2, 0.25) is 0 Å². The molecule has 4 rings (SSSR count). The fourth-order valence-electron chi connectivity index (χ4n) is 3.80. The van der Waals surface area contributed by atoms with Crippen LogP contribution in [0.25, 0.3) is 0 Å². The number of aromatic amines is 1. The highest BCUT2D eigenvalue weighted by Gasteiger charge is 2.50. The van der Waals surface area contributed by atoms with Gasteiger partial charge in [0.15, 0.2) is 0 Å². The maximum atomic E-state index is 13.8. The number of nitrogens with one attached hydrogen (secondary N) is 1. The fourth-order valence-corrected chi connectivity index (χ4v) is 3.80. The van der Waals surface area contributed by atoms with E-state index in [9.17, 15) is 13.6 Å². The van der Waals surface area contributed by atoms with E-state index < -0.39 is 5.92 Å². The molecule has 2 aliphatic heterocycles. The summed E-state index contributed by atoms with van der Waals surface area (Å²) in [6, 6.07) is 1.53. The molecule has 0 spiro atoms. The van der Waals surface area contributed by atoms with Gasteiger partial charge in [-0.1, -0.05) is 0 Å². The number of halogens is 2. The molecule has 0 radical (unpaired) electrons. The normalized spacial score (nSPS) is 26.8. The van der Waals surface area contributed by atoms with Crippen LogP contribution in [0.4, 0.5) is 8.78 Å². The first kappa shape index (κ1) is 16.9. The zero-order chi connectivity index (χ0) is 17.6. The van der Waals surface area contributed by atoms with Crippen molar-refractivity contribution in [3.63, 3.8) is 0 Å². The molecule has 1 atom stereocenters. The molecule has 8 heteroatoms. The Balaban J connectivity index is 1.34. The predicted molar refractivity (Wildman–Crippen MR) is 86.8 cm³/mol. The van der Waals surface area contributed by atoms with Crippen LogP contribution in [0.3, 0.4) is 0 Å². The highest BCUT2D eigenvalue weighted by atomic mass is 19.3. The SMILES string of the molecule is CCOC[C@@H]1CC(F)(F)CN1C1CN(C(=O)c2cc(C3CC3)[nH]n2)C1. The molecule has 0 unspecified atom stereocenters. The van der Waals surface area contributed by atoms with Gasteiger partial charge in [0, 0.05) is 49.8 Å². The van der Waals surface area contributed by atoms with Crippen molar-refractivity contribution in [1.29, 1.82) is 0 Å². The molecule has 3 fully saturated rings. The van der Waals surface area contributed by atoms with Gasteiger partial charge in [-0.2, -0.15) is 5.10 Å². The van der Waals surface area contributed by atoms with Crippen molar-refractivity contribution < 1.29 is 18.3 Å². The van der Waals surface area contributed by atoms with Crippen LogP contribution in [0.5, 0.6) is 0 Å². The Kier molecular flexibility index (Phi) is 4.27. The molecule has 25 heavy (non-hydrogen) atoms. The monoisotopic (exact) mass is 354 g/mol. The van der Waals surface area contributed by atoms with Crippen molar-refractivity contribution in [2.45, 2.75) is 50.1 Å². The summed E-state index contributed by atoms with van der Waals surface area (Å²) >= 11 is 0. The smallest absolute Gasteiger partial charge is 0.274 e. The Morgan fingerprint density at radius 1 is 1.44 bits per heavy atom. The van der Waals surface area contributed by atoms with Crippen LogP contribution in [0.1, 0.15) is 48.3 Å². The van der Waals surface area contributed by atoms with Crippen molar-refractivity contribution in [3.8, 4) is 0 Å². The second kappa shape index (κ2) is 6.32. The molecule has 1 amide bonds. The molecule has 1 N–H and O–H groups in total. The van der Waals surface area contributed by atoms with Crippen LogP contribution < -0.4 is 0 Å². The molecule has 1 aromatic rings. The van der Waals surface area contributed by atoms with E-state index in [0.29, 0.717) is 37.9 Å². The number of hydrogen-bond acceptors (Lipinski definition) is 4. The lowest BCUT2D eigenvalue weighted by Gasteiger charge is -2.45. The Hall–Kier alpha value is -1.54. The lowest BCUT2D eigenvalue weighted by molar-refractivity contribution is -0.0150.